The van der Waals surface area contributed by atoms with Gasteiger partial charge in [-0.2, -0.15) is 0 Å². The highest BCUT2D eigenvalue weighted by molar-refractivity contribution is 4.78. The Morgan fingerprint density at radius 2 is 1.94 bits per heavy atom. The largest absolute Gasteiger partial charge is 0.314 e. The molecule has 0 unspecified atom stereocenters. The van der Waals surface area contributed by atoms with E-state index in [0.29, 0.717) is 6.04 Å². The lowest BCUT2D eigenvalue weighted by atomic mass is 10.0. The van der Waals surface area contributed by atoms with Gasteiger partial charge in [-0.15, -0.1) is 0 Å². The molecule has 1 rings (SSSR count). The number of rotatable bonds is 8. The maximum absolute atomic E-state index is 3.49. The number of hydrogen-bond acceptors (Lipinski definition) is 3. The summed E-state index contributed by atoms with van der Waals surface area (Å²) < 4.78 is 0. The van der Waals surface area contributed by atoms with Crippen molar-refractivity contribution in [2.45, 2.75) is 58.5 Å². The van der Waals surface area contributed by atoms with E-state index in [9.17, 15) is 0 Å². The summed E-state index contributed by atoms with van der Waals surface area (Å²) in [4.78, 5) is 5.19. The first kappa shape index (κ1) is 15.9. The Morgan fingerprint density at radius 3 is 2.50 bits per heavy atom. The van der Waals surface area contributed by atoms with Crippen LogP contribution in [0.5, 0.6) is 0 Å². The van der Waals surface area contributed by atoms with Crippen molar-refractivity contribution in [1.29, 1.82) is 0 Å². The number of piperidine rings is 1. The van der Waals surface area contributed by atoms with E-state index >= 15 is 0 Å². The number of nitrogens with one attached hydrogen (secondary N) is 1. The van der Waals surface area contributed by atoms with Crippen LogP contribution in [-0.2, 0) is 0 Å². The summed E-state index contributed by atoms with van der Waals surface area (Å²) in [6.07, 6.45) is 5.27. The van der Waals surface area contributed by atoms with Crippen LogP contribution in [0.25, 0.3) is 0 Å². The van der Waals surface area contributed by atoms with E-state index in [-0.39, 0.29) is 0 Å². The van der Waals surface area contributed by atoms with E-state index in [4.69, 9.17) is 0 Å². The van der Waals surface area contributed by atoms with Gasteiger partial charge in [0.15, 0.2) is 0 Å². The molecule has 1 heterocycles. The predicted molar refractivity (Wildman–Crippen MR) is 80.1 cm³/mol. The van der Waals surface area contributed by atoms with E-state index in [1.54, 1.807) is 0 Å². The molecule has 3 heteroatoms. The van der Waals surface area contributed by atoms with Gasteiger partial charge < -0.3 is 15.1 Å². The Balaban J connectivity index is 2.10. The van der Waals surface area contributed by atoms with Crippen molar-refractivity contribution >= 4 is 0 Å². The fraction of sp³-hybridized carbons (Fsp3) is 1.00. The lowest BCUT2D eigenvalue weighted by Crippen LogP contribution is -2.44. The average molecular weight is 255 g/mol. The molecule has 0 atom stereocenters. The highest BCUT2D eigenvalue weighted by Gasteiger charge is 2.21. The van der Waals surface area contributed by atoms with Crippen molar-refractivity contribution in [1.82, 2.24) is 15.1 Å². The average Bonchev–Trinajstić information content (AvgIpc) is 2.35. The van der Waals surface area contributed by atoms with Crippen LogP contribution in [0.3, 0.4) is 0 Å². The van der Waals surface area contributed by atoms with Gasteiger partial charge in [0.25, 0.3) is 0 Å². The molecule has 18 heavy (non-hydrogen) atoms. The molecule has 0 aromatic carbocycles. The molecular formula is C15H33N3. The van der Waals surface area contributed by atoms with Crippen molar-refractivity contribution in [3.05, 3.63) is 0 Å². The molecule has 0 amide bonds. The van der Waals surface area contributed by atoms with Gasteiger partial charge in [-0.05, 0) is 65.5 Å². The van der Waals surface area contributed by atoms with Crippen LogP contribution < -0.4 is 5.32 Å². The molecule has 3 nitrogen and oxygen atoms in total. The van der Waals surface area contributed by atoms with E-state index in [1.807, 2.05) is 0 Å². The molecule has 1 fully saturated rings. The summed E-state index contributed by atoms with van der Waals surface area (Å²) in [5.74, 6) is 0. The van der Waals surface area contributed by atoms with Gasteiger partial charge >= 0.3 is 0 Å². The molecule has 1 aliphatic rings. The molecule has 0 saturated carbocycles. The predicted octanol–water partition coefficient (Wildman–Crippen LogP) is 2.18. The van der Waals surface area contributed by atoms with Gasteiger partial charge in [-0.3, -0.25) is 0 Å². The van der Waals surface area contributed by atoms with E-state index in [2.05, 4.69) is 42.9 Å². The van der Waals surface area contributed by atoms with Crippen molar-refractivity contribution in [2.24, 2.45) is 0 Å². The van der Waals surface area contributed by atoms with Crippen LogP contribution in [0.2, 0.25) is 0 Å². The molecule has 0 aromatic heterocycles. The molecule has 0 bridgehead atoms. The maximum Gasteiger partial charge on any atom is 0.0117 e. The van der Waals surface area contributed by atoms with Crippen LogP contribution in [-0.4, -0.2) is 61.7 Å². The lowest BCUT2D eigenvalue weighted by molar-refractivity contribution is 0.127. The summed E-state index contributed by atoms with van der Waals surface area (Å²) in [6, 6.07) is 1.43. The maximum atomic E-state index is 3.49. The molecule has 1 saturated heterocycles. The zero-order valence-electron chi connectivity index (χ0n) is 12.9. The van der Waals surface area contributed by atoms with E-state index in [0.717, 1.165) is 12.6 Å². The third kappa shape index (κ3) is 6.17. The topological polar surface area (TPSA) is 18.5 Å². The smallest absolute Gasteiger partial charge is 0.0117 e. The summed E-state index contributed by atoms with van der Waals surface area (Å²) in [7, 11) is 2.30. The van der Waals surface area contributed by atoms with Crippen molar-refractivity contribution in [3.8, 4) is 0 Å². The van der Waals surface area contributed by atoms with Crippen LogP contribution >= 0.6 is 0 Å². The second-order valence-corrected chi connectivity index (χ2v) is 6.02. The van der Waals surface area contributed by atoms with Gasteiger partial charge in [-0.25, -0.2) is 0 Å². The van der Waals surface area contributed by atoms with Crippen LogP contribution in [0.4, 0.5) is 0 Å². The molecule has 1 aliphatic heterocycles. The van der Waals surface area contributed by atoms with Gasteiger partial charge in [0, 0.05) is 12.1 Å². The summed E-state index contributed by atoms with van der Waals surface area (Å²) in [6.45, 7) is 13.0. The molecule has 0 aromatic rings. The molecule has 108 valence electrons. The van der Waals surface area contributed by atoms with Crippen LogP contribution in [0.1, 0.15) is 46.5 Å². The Bertz CT molecular complexity index is 198. The van der Waals surface area contributed by atoms with Crippen LogP contribution in [0, 0.1) is 0 Å². The van der Waals surface area contributed by atoms with Crippen molar-refractivity contribution in [3.63, 3.8) is 0 Å². The molecule has 0 radical (unpaired) electrons. The third-order valence-corrected chi connectivity index (χ3v) is 3.96. The molecule has 0 aliphatic carbocycles. The van der Waals surface area contributed by atoms with Gasteiger partial charge in [-0.1, -0.05) is 20.8 Å². The number of hydrogen-bond donors (Lipinski definition) is 1. The standard InChI is InChI=1S/C15H33N3/c1-5-10-18-12-7-15(8-13-18)17(4)11-6-9-16-14(2)3/h14-16H,5-13H2,1-4H3. The normalized spacial score (nSPS) is 19.0. The number of likely N-dealkylation sites (tertiary alicyclic amines) is 1. The minimum Gasteiger partial charge on any atom is -0.314 e. The summed E-state index contributed by atoms with van der Waals surface area (Å²) in [5, 5.41) is 3.49. The Kier molecular flexibility index (Phi) is 7.87. The zero-order chi connectivity index (χ0) is 13.4. The highest BCUT2D eigenvalue weighted by atomic mass is 15.2. The lowest BCUT2D eigenvalue weighted by Gasteiger charge is -2.36. The second-order valence-electron chi connectivity index (χ2n) is 6.02. The Hall–Kier alpha value is -0.120. The minimum atomic E-state index is 0.618. The fourth-order valence-electron chi connectivity index (χ4n) is 2.80. The molecule has 0 spiro atoms. The Morgan fingerprint density at radius 1 is 1.28 bits per heavy atom. The number of nitrogens with zero attached hydrogens (tertiary/aromatic N) is 2. The van der Waals surface area contributed by atoms with Crippen LogP contribution in [0.15, 0.2) is 0 Å². The van der Waals surface area contributed by atoms with Crippen molar-refractivity contribution < 1.29 is 0 Å². The van der Waals surface area contributed by atoms with Crippen molar-refractivity contribution in [2.75, 3.05) is 39.8 Å². The summed E-state index contributed by atoms with van der Waals surface area (Å²) in [5.41, 5.74) is 0. The SMILES string of the molecule is CCCN1CCC(N(C)CCCNC(C)C)CC1. The first-order valence-electron chi connectivity index (χ1n) is 7.79. The monoisotopic (exact) mass is 255 g/mol. The van der Waals surface area contributed by atoms with E-state index in [1.165, 1.54) is 51.9 Å². The second kappa shape index (κ2) is 8.89. The van der Waals surface area contributed by atoms with E-state index < -0.39 is 0 Å². The highest BCUT2D eigenvalue weighted by Crippen LogP contribution is 2.15. The molecule has 1 N–H and O–H groups in total. The first-order valence-corrected chi connectivity index (χ1v) is 7.79. The molecular weight excluding hydrogens is 222 g/mol. The first-order chi connectivity index (χ1) is 8.63. The summed E-state index contributed by atoms with van der Waals surface area (Å²) >= 11 is 0. The quantitative estimate of drug-likeness (QED) is 0.671. The van der Waals surface area contributed by atoms with Gasteiger partial charge in [0.1, 0.15) is 0 Å². The zero-order valence-corrected chi connectivity index (χ0v) is 12.9. The Labute approximate surface area is 114 Å². The minimum absolute atomic E-state index is 0.618. The van der Waals surface area contributed by atoms with Gasteiger partial charge in [0.05, 0.1) is 0 Å². The fourth-order valence-corrected chi connectivity index (χ4v) is 2.80. The van der Waals surface area contributed by atoms with Gasteiger partial charge in [0.2, 0.25) is 0 Å². The third-order valence-electron chi connectivity index (χ3n) is 3.96.